The van der Waals surface area contributed by atoms with Crippen molar-refractivity contribution in [3.8, 4) is 0 Å². The van der Waals surface area contributed by atoms with Gasteiger partial charge in [0, 0.05) is 18.6 Å². The number of oxazole rings is 1. The Morgan fingerprint density at radius 3 is 2.70 bits per heavy atom. The molecule has 2 aliphatic heterocycles. The second-order valence-electron chi connectivity index (χ2n) is 6.10. The summed E-state index contributed by atoms with van der Waals surface area (Å²) in [4.78, 5) is 9.26. The summed E-state index contributed by atoms with van der Waals surface area (Å²) in [6, 6.07) is 0.954. The number of hydrogen-bond donors (Lipinski definition) is 1. The molecular weight excluding hydrogens is 254 g/mol. The van der Waals surface area contributed by atoms with Crippen molar-refractivity contribution < 1.29 is 9.52 Å². The van der Waals surface area contributed by atoms with E-state index in [0.29, 0.717) is 18.7 Å². The second-order valence-corrected chi connectivity index (χ2v) is 6.10. The smallest absolute Gasteiger partial charge is 0.208 e. The Kier molecular flexibility index (Phi) is 4.38. The van der Waals surface area contributed by atoms with Gasteiger partial charge in [-0.3, -0.25) is 9.80 Å². The summed E-state index contributed by atoms with van der Waals surface area (Å²) in [7, 11) is 0. The zero-order valence-electron chi connectivity index (χ0n) is 12.3. The fourth-order valence-electron chi connectivity index (χ4n) is 3.57. The van der Waals surface area contributed by atoms with Gasteiger partial charge in [0.15, 0.2) is 0 Å². The van der Waals surface area contributed by atoms with E-state index in [-0.39, 0.29) is 0 Å². The molecule has 2 saturated heterocycles. The third kappa shape index (κ3) is 3.05. The topological polar surface area (TPSA) is 52.7 Å². The summed E-state index contributed by atoms with van der Waals surface area (Å²) in [5, 5.41) is 9.43. The molecule has 2 unspecified atom stereocenters. The number of likely N-dealkylation sites (tertiary alicyclic amines) is 2. The van der Waals surface area contributed by atoms with E-state index < -0.39 is 0 Å². The first-order valence-corrected chi connectivity index (χ1v) is 7.76. The van der Waals surface area contributed by atoms with Gasteiger partial charge in [-0.05, 0) is 45.7 Å². The average molecular weight is 279 g/mol. The summed E-state index contributed by atoms with van der Waals surface area (Å²) in [6.07, 6.45) is 6.65. The number of hydrogen-bond acceptors (Lipinski definition) is 5. The molecule has 1 N–H and O–H groups in total. The SMILES string of the molecule is Cc1cnc(CN2CCCC2CN2CCCC2CO)o1. The molecule has 2 atom stereocenters. The van der Waals surface area contributed by atoms with Crippen molar-refractivity contribution >= 4 is 0 Å². The lowest BCUT2D eigenvalue weighted by molar-refractivity contribution is 0.116. The fourth-order valence-corrected chi connectivity index (χ4v) is 3.57. The minimum absolute atomic E-state index is 0.297. The van der Waals surface area contributed by atoms with Gasteiger partial charge in [-0.25, -0.2) is 4.98 Å². The molecule has 0 amide bonds. The van der Waals surface area contributed by atoms with Crippen LogP contribution in [-0.4, -0.2) is 58.2 Å². The van der Waals surface area contributed by atoms with E-state index >= 15 is 0 Å². The Morgan fingerprint density at radius 1 is 1.25 bits per heavy atom. The molecule has 1 aromatic rings. The minimum Gasteiger partial charge on any atom is -0.445 e. The molecule has 2 fully saturated rings. The van der Waals surface area contributed by atoms with E-state index in [1.807, 2.05) is 6.92 Å². The maximum Gasteiger partial charge on any atom is 0.208 e. The monoisotopic (exact) mass is 279 g/mol. The van der Waals surface area contributed by atoms with Crippen LogP contribution in [0.2, 0.25) is 0 Å². The number of aliphatic hydroxyl groups is 1. The first kappa shape index (κ1) is 14.0. The van der Waals surface area contributed by atoms with Crippen LogP contribution in [0.25, 0.3) is 0 Å². The Balaban J connectivity index is 1.58. The fraction of sp³-hybridized carbons (Fsp3) is 0.800. The van der Waals surface area contributed by atoms with Crippen molar-refractivity contribution in [2.75, 3.05) is 26.2 Å². The van der Waals surface area contributed by atoms with Crippen LogP contribution in [0.3, 0.4) is 0 Å². The van der Waals surface area contributed by atoms with Crippen molar-refractivity contribution in [2.24, 2.45) is 0 Å². The maximum absolute atomic E-state index is 9.43. The van der Waals surface area contributed by atoms with Gasteiger partial charge in [0.25, 0.3) is 0 Å². The molecule has 3 rings (SSSR count). The highest BCUT2D eigenvalue weighted by Gasteiger charge is 2.31. The summed E-state index contributed by atoms with van der Waals surface area (Å²) in [5.74, 6) is 1.71. The third-order valence-corrected chi connectivity index (χ3v) is 4.66. The van der Waals surface area contributed by atoms with Gasteiger partial charge in [0.05, 0.1) is 19.3 Å². The van der Waals surface area contributed by atoms with Gasteiger partial charge < -0.3 is 9.52 Å². The van der Waals surface area contributed by atoms with Crippen LogP contribution < -0.4 is 0 Å². The molecule has 5 nitrogen and oxygen atoms in total. The molecule has 0 aliphatic carbocycles. The molecular formula is C15H25N3O2. The molecule has 0 radical (unpaired) electrons. The highest BCUT2D eigenvalue weighted by molar-refractivity contribution is 4.93. The number of aliphatic hydroxyl groups excluding tert-OH is 1. The second kappa shape index (κ2) is 6.24. The third-order valence-electron chi connectivity index (χ3n) is 4.66. The van der Waals surface area contributed by atoms with E-state index in [1.54, 1.807) is 6.20 Å². The molecule has 1 aromatic heterocycles. The van der Waals surface area contributed by atoms with E-state index in [0.717, 1.165) is 44.3 Å². The minimum atomic E-state index is 0.297. The lowest BCUT2D eigenvalue weighted by Gasteiger charge is -2.30. The standard InChI is InChI=1S/C15H25N3O2/c1-12-8-16-15(20-12)10-18-7-2-4-13(18)9-17-6-3-5-14(17)11-19/h8,13-14,19H,2-7,9-11H2,1H3. The lowest BCUT2D eigenvalue weighted by atomic mass is 10.2. The van der Waals surface area contributed by atoms with Crippen LogP contribution in [0.1, 0.15) is 37.3 Å². The highest BCUT2D eigenvalue weighted by Crippen LogP contribution is 2.24. The van der Waals surface area contributed by atoms with E-state index in [2.05, 4.69) is 14.8 Å². The number of rotatable bonds is 5. The van der Waals surface area contributed by atoms with E-state index in [4.69, 9.17) is 4.42 Å². The molecule has 5 heteroatoms. The predicted octanol–water partition coefficient (Wildman–Crippen LogP) is 1.40. The lowest BCUT2D eigenvalue weighted by Crippen LogP contribution is -2.43. The summed E-state index contributed by atoms with van der Waals surface area (Å²) < 4.78 is 5.60. The van der Waals surface area contributed by atoms with E-state index in [9.17, 15) is 5.11 Å². The number of nitrogens with zero attached hydrogens (tertiary/aromatic N) is 3. The summed E-state index contributed by atoms with van der Waals surface area (Å²) in [5.41, 5.74) is 0. The van der Waals surface area contributed by atoms with Gasteiger partial charge in [0.1, 0.15) is 5.76 Å². The summed E-state index contributed by atoms with van der Waals surface area (Å²) >= 11 is 0. The zero-order valence-corrected chi connectivity index (χ0v) is 12.3. The molecule has 2 aliphatic rings. The molecule has 3 heterocycles. The maximum atomic E-state index is 9.43. The van der Waals surface area contributed by atoms with Crippen molar-refractivity contribution in [1.29, 1.82) is 0 Å². The Bertz CT molecular complexity index is 435. The molecule has 0 spiro atoms. The highest BCUT2D eigenvalue weighted by atomic mass is 16.4. The largest absolute Gasteiger partial charge is 0.445 e. The van der Waals surface area contributed by atoms with Crippen LogP contribution in [-0.2, 0) is 6.54 Å². The first-order valence-electron chi connectivity index (χ1n) is 7.76. The molecule has 20 heavy (non-hydrogen) atoms. The van der Waals surface area contributed by atoms with E-state index in [1.165, 1.54) is 19.3 Å². The number of aryl methyl sites for hydroxylation is 1. The van der Waals surface area contributed by atoms with Crippen LogP contribution >= 0.6 is 0 Å². The van der Waals surface area contributed by atoms with Crippen LogP contribution in [0.5, 0.6) is 0 Å². The van der Waals surface area contributed by atoms with Crippen molar-refractivity contribution in [1.82, 2.24) is 14.8 Å². The summed E-state index contributed by atoms with van der Waals surface area (Å²) in [6.45, 7) is 6.39. The Labute approximate surface area is 120 Å². The van der Waals surface area contributed by atoms with Crippen molar-refractivity contribution in [3.05, 3.63) is 17.8 Å². The van der Waals surface area contributed by atoms with Crippen molar-refractivity contribution in [3.63, 3.8) is 0 Å². The first-order chi connectivity index (χ1) is 9.76. The molecule has 0 saturated carbocycles. The van der Waals surface area contributed by atoms with Gasteiger partial charge >= 0.3 is 0 Å². The van der Waals surface area contributed by atoms with Gasteiger partial charge in [-0.1, -0.05) is 0 Å². The molecule has 112 valence electrons. The Morgan fingerprint density at radius 2 is 2.00 bits per heavy atom. The quantitative estimate of drug-likeness (QED) is 0.883. The van der Waals surface area contributed by atoms with Gasteiger partial charge in [0.2, 0.25) is 5.89 Å². The molecule has 0 aromatic carbocycles. The number of aromatic nitrogens is 1. The van der Waals surface area contributed by atoms with Crippen LogP contribution in [0, 0.1) is 6.92 Å². The zero-order chi connectivity index (χ0) is 13.9. The average Bonchev–Trinajstić information content (AvgIpc) is 3.14. The normalized spacial score (nSPS) is 28.5. The van der Waals surface area contributed by atoms with Gasteiger partial charge in [-0.15, -0.1) is 0 Å². The predicted molar refractivity (Wildman–Crippen MR) is 76.4 cm³/mol. The molecule has 0 bridgehead atoms. The Hall–Kier alpha value is -0.910. The van der Waals surface area contributed by atoms with Crippen LogP contribution in [0.4, 0.5) is 0 Å². The van der Waals surface area contributed by atoms with Gasteiger partial charge in [-0.2, -0.15) is 0 Å². The van der Waals surface area contributed by atoms with Crippen LogP contribution in [0.15, 0.2) is 10.6 Å². The van der Waals surface area contributed by atoms with Crippen molar-refractivity contribution in [2.45, 2.75) is 51.2 Å².